The molecule has 1 fully saturated rings. The Hall–Kier alpha value is -0.430. The first-order valence-corrected chi connectivity index (χ1v) is 7.06. The molecule has 0 atom stereocenters. The summed E-state index contributed by atoms with van der Waals surface area (Å²) in [6.07, 6.45) is 0.355. The maximum Gasteiger partial charge on any atom is 0.252 e. The Bertz CT molecular complexity index is 446. The van der Waals surface area contributed by atoms with E-state index in [1.165, 1.54) is 15.6 Å². The second-order valence-electron chi connectivity index (χ2n) is 3.55. The second kappa shape index (κ2) is 3.86. The lowest BCUT2D eigenvalue weighted by atomic mass is 10.2. The first-order chi connectivity index (χ1) is 7.04. The lowest BCUT2D eigenvalue weighted by molar-refractivity contribution is 0.0549. The highest BCUT2D eigenvalue weighted by molar-refractivity contribution is 7.91. The molecule has 2 heterocycles. The summed E-state index contributed by atoms with van der Waals surface area (Å²) in [4.78, 5) is 1.06. The van der Waals surface area contributed by atoms with Gasteiger partial charge in [-0.15, -0.1) is 11.3 Å². The molecule has 4 nitrogen and oxygen atoms in total. The fourth-order valence-corrected chi connectivity index (χ4v) is 4.39. The monoisotopic (exact) mass is 247 g/mol. The Balaban J connectivity index is 2.22. The largest absolute Gasteiger partial charge is 0.390 e. The summed E-state index contributed by atoms with van der Waals surface area (Å²) in [5.41, 5.74) is 0. The molecular weight excluding hydrogens is 234 g/mol. The molecule has 0 aliphatic carbocycles. The molecular formula is C9H13NO3S2. The fourth-order valence-electron chi connectivity index (χ4n) is 1.43. The molecule has 0 spiro atoms. The average molecular weight is 247 g/mol. The predicted octanol–water partition coefficient (Wildman–Crippen LogP) is 0.676. The molecule has 0 unspecified atom stereocenters. The van der Waals surface area contributed by atoms with E-state index in [9.17, 15) is 8.42 Å². The van der Waals surface area contributed by atoms with E-state index in [1.54, 1.807) is 6.07 Å². The molecule has 0 bridgehead atoms. The van der Waals surface area contributed by atoms with E-state index in [2.05, 4.69) is 0 Å². The number of aliphatic hydroxyl groups is 1. The Labute approximate surface area is 93.2 Å². The third kappa shape index (κ3) is 1.94. The zero-order valence-corrected chi connectivity index (χ0v) is 10.0. The number of aliphatic hydroxyl groups excluding tert-OH is 1. The predicted molar refractivity (Wildman–Crippen MR) is 58.5 cm³/mol. The van der Waals surface area contributed by atoms with Crippen LogP contribution in [0, 0.1) is 0 Å². The molecule has 1 aromatic rings. The van der Waals surface area contributed by atoms with Crippen molar-refractivity contribution in [3.05, 3.63) is 17.0 Å². The molecule has 15 heavy (non-hydrogen) atoms. The van der Waals surface area contributed by atoms with Gasteiger partial charge in [0, 0.05) is 18.0 Å². The normalized spacial score (nSPS) is 19.1. The zero-order chi connectivity index (χ0) is 11.1. The van der Waals surface area contributed by atoms with Crippen molar-refractivity contribution in [1.82, 2.24) is 4.31 Å². The third-order valence-corrected chi connectivity index (χ3v) is 5.94. The highest BCUT2D eigenvalue weighted by Crippen LogP contribution is 2.27. The van der Waals surface area contributed by atoms with Crippen LogP contribution in [0.1, 0.15) is 11.8 Å². The van der Waals surface area contributed by atoms with E-state index in [0.717, 1.165) is 11.3 Å². The highest BCUT2D eigenvalue weighted by atomic mass is 32.2. The minimum Gasteiger partial charge on any atom is -0.390 e. The Morgan fingerprint density at radius 3 is 2.67 bits per heavy atom. The Morgan fingerprint density at radius 1 is 1.53 bits per heavy atom. The van der Waals surface area contributed by atoms with Crippen molar-refractivity contribution in [2.45, 2.75) is 23.7 Å². The van der Waals surface area contributed by atoms with E-state index >= 15 is 0 Å². The van der Waals surface area contributed by atoms with Crippen LogP contribution in [0.4, 0.5) is 0 Å². The molecule has 0 amide bonds. The van der Waals surface area contributed by atoms with Gasteiger partial charge in [0.05, 0.1) is 6.10 Å². The van der Waals surface area contributed by atoms with Crippen LogP contribution in [-0.2, 0) is 16.4 Å². The van der Waals surface area contributed by atoms with Crippen molar-refractivity contribution in [1.29, 1.82) is 0 Å². The standard InChI is InChI=1S/C9H13NO3S2/c1-2-8-3-4-9(14-8)15(12,13)10-5-7(11)6-10/h3-4,7,11H,2,5-6H2,1H3. The van der Waals surface area contributed by atoms with Crippen molar-refractivity contribution >= 4 is 21.4 Å². The lowest BCUT2D eigenvalue weighted by Gasteiger charge is -2.34. The minimum atomic E-state index is -3.33. The Kier molecular flexibility index (Phi) is 2.85. The van der Waals surface area contributed by atoms with Crippen LogP contribution in [-0.4, -0.2) is 37.0 Å². The number of nitrogens with zero attached hydrogens (tertiary/aromatic N) is 1. The zero-order valence-electron chi connectivity index (χ0n) is 8.38. The SMILES string of the molecule is CCc1ccc(S(=O)(=O)N2CC(O)C2)s1. The number of sulfonamides is 1. The summed E-state index contributed by atoms with van der Waals surface area (Å²) < 4.78 is 25.5. The molecule has 0 aromatic carbocycles. The van der Waals surface area contributed by atoms with Crippen molar-refractivity contribution in [2.75, 3.05) is 13.1 Å². The van der Waals surface area contributed by atoms with E-state index in [4.69, 9.17) is 5.11 Å². The molecule has 2 rings (SSSR count). The van der Waals surface area contributed by atoms with Gasteiger partial charge in [-0.05, 0) is 18.6 Å². The van der Waals surface area contributed by atoms with Gasteiger partial charge in [0.25, 0.3) is 10.0 Å². The topological polar surface area (TPSA) is 57.6 Å². The maximum absolute atomic E-state index is 11.9. The summed E-state index contributed by atoms with van der Waals surface area (Å²) in [7, 11) is -3.33. The van der Waals surface area contributed by atoms with Gasteiger partial charge in [-0.1, -0.05) is 6.92 Å². The number of hydrogen-bond acceptors (Lipinski definition) is 4. The van der Waals surface area contributed by atoms with Crippen LogP contribution in [0.5, 0.6) is 0 Å². The van der Waals surface area contributed by atoms with Crippen LogP contribution in [0.2, 0.25) is 0 Å². The van der Waals surface area contributed by atoms with Gasteiger partial charge >= 0.3 is 0 Å². The van der Waals surface area contributed by atoms with Gasteiger partial charge in [0.1, 0.15) is 4.21 Å². The number of hydrogen-bond donors (Lipinski definition) is 1. The van der Waals surface area contributed by atoms with Crippen LogP contribution in [0.3, 0.4) is 0 Å². The molecule has 6 heteroatoms. The van der Waals surface area contributed by atoms with Crippen LogP contribution >= 0.6 is 11.3 Å². The molecule has 1 aliphatic rings. The smallest absolute Gasteiger partial charge is 0.252 e. The number of β-amino-alcohol motifs (C(OH)–C–C–N with tert-alkyl or cyclic N) is 1. The van der Waals surface area contributed by atoms with Gasteiger partial charge < -0.3 is 5.11 Å². The van der Waals surface area contributed by atoms with Gasteiger partial charge in [0.2, 0.25) is 0 Å². The summed E-state index contributed by atoms with van der Waals surface area (Å²) >= 11 is 1.31. The summed E-state index contributed by atoms with van der Waals surface area (Å²) in [5, 5.41) is 9.08. The fraction of sp³-hybridized carbons (Fsp3) is 0.556. The van der Waals surface area contributed by atoms with Crippen molar-refractivity contribution in [3.63, 3.8) is 0 Å². The molecule has 84 valence electrons. The summed E-state index contributed by atoms with van der Waals surface area (Å²) in [6.45, 7) is 2.44. The molecule has 0 radical (unpaired) electrons. The maximum atomic E-state index is 11.9. The van der Waals surface area contributed by atoms with Gasteiger partial charge in [-0.3, -0.25) is 0 Å². The van der Waals surface area contributed by atoms with Crippen LogP contribution in [0.15, 0.2) is 16.3 Å². The molecule has 1 saturated heterocycles. The van der Waals surface area contributed by atoms with Crippen molar-refractivity contribution in [3.8, 4) is 0 Å². The number of aryl methyl sites for hydroxylation is 1. The highest BCUT2D eigenvalue weighted by Gasteiger charge is 2.36. The summed E-state index contributed by atoms with van der Waals surface area (Å²) in [6, 6.07) is 3.48. The third-order valence-electron chi connectivity index (χ3n) is 2.41. The van der Waals surface area contributed by atoms with E-state index in [-0.39, 0.29) is 13.1 Å². The van der Waals surface area contributed by atoms with Crippen molar-refractivity contribution in [2.24, 2.45) is 0 Å². The van der Waals surface area contributed by atoms with E-state index in [1.807, 2.05) is 13.0 Å². The molecule has 1 aromatic heterocycles. The molecule has 0 saturated carbocycles. The van der Waals surface area contributed by atoms with E-state index in [0.29, 0.717) is 4.21 Å². The first-order valence-electron chi connectivity index (χ1n) is 4.81. The minimum absolute atomic E-state index is 0.224. The number of thiophene rings is 1. The molecule has 1 N–H and O–H groups in total. The van der Waals surface area contributed by atoms with E-state index < -0.39 is 16.1 Å². The van der Waals surface area contributed by atoms with Gasteiger partial charge in [-0.25, -0.2) is 8.42 Å². The summed E-state index contributed by atoms with van der Waals surface area (Å²) in [5.74, 6) is 0. The number of rotatable bonds is 3. The van der Waals surface area contributed by atoms with Crippen LogP contribution < -0.4 is 0 Å². The lowest BCUT2D eigenvalue weighted by Crippen LogP contribution is -2.53. The molecule has 1 aliphatic heterocycles. The van der Waals surface area contributed by atoms with Crippen molar-refractivity contribution < 1.29 is 13.5 Å². The average Bonchev–Trinajstić information content (AvgIpc) is 2.61. The van der Waals surface area contributed by atoms with Gasteiger partial charge in [-0.2, -0.15) is 4.31 Å². The quantitative estimate of drug-likeness (QED) is 0.854. The first kappa shape index (κ1) is 11.1. The van der Waals surface area contributed by atoms with Gasteiger partial charge in [0.15, 0.2) is 0 Å². The van der Waals surface area contributed by atoms with Crippen LogP contribution in [0.25, 0.3) is 0 Å². The Morgan fingerprint density at radius 2 is 2.20 bits per heavy atom. The second-order valence-corrected chi connectivity index (χ2v) is 6.88.